The molecule has 4 rings (SSSR count). The second kappa shape index (κ2) is 8.48. The normalized spacial score (nSPS) is 16.1. The summed E-state index contributed by atoms with van der Waals surface area (Å²) in [6.45, 7) is 5.84. The van der Waals surface area contributed by atoms with E-state index in [2.05, 4.69) is 36.1 Å². The summed E-state index contributed by atoms with van der Waals surface area (Å²) in [5.74, 6) is 0.543. The zero-order chi connectivity index (χ0) is 20.2. The molecular weight excluding hydrogens is 372 g/mol. The summed E-state index contributed by atoms with van der Waals surface area (Å²) >= 11 is 0. The fraction of sp³-hybridized carbons (Fsp3) is 0.474. The van der Waals surface area contributed by atoms with Crippen molar-refractivity contribution in [2.24, 2.45) is 5.92 Å². The fourth-order valence-electron chi connectivity index (χ4n) is 3.34. The van der Waals surface area contributed by atoms with Crippen molar-refractivity contribution in [3.8, 4) is 11.4 Å². The molecule has 0 saturated carbocycles. The first-order chi connectivity index (χ1) is 14.1. The number of carbonyl (C=O) groups excluding carboxylic acids is 1. The van der Waals surface area contributed by atoms with Crippen LogP contribution >= 0.6 is 0 Å². The van der Waals surface area contributed by atoms with E-state index >= 15 is 0 Å². The third-order valence-electron chi connectivity index (χ3n) is 5.03. The Hall–Kier alpha value is -3.14. The molecule has 0 bridgehead atoms. The molecule has 3 aromatic rings. The monoisotopic (exact) mass is 396 g/mol. The Labute approximate surface area is 168 Å². The maximum absolute atomic E-state index is 12.8. The standard InChI is InChI=1S/C19H24N8O2/c1-12(2)16(19-23-17(25-29-19)13-3-7-20-8-4-13)22-18(28)15-11-27(26-24-15)14-5-9-21-10-6-14/h3-4,7-8,11-12,14,16,21H,5-6,9-10H2,1-2H3,(H,22,28). The van der Waals surface area contributed by atoms with Crippen LogP contribution in [0, 0.1) is 5.92 Å². The van der Waals surface area contributed by atoms with Gasteiger partial charge in [-0.05, 0) is 44.0 Å². The number of hydrogen-bond acceptors (Lipinski definition) is 8. The highest BCUT2D eigenvalue weighted by molar-refractivity contribution is 5.92. The Morgan fingerprint density at radius 3 is 2.76 bits per heavy atom. The first kappa shape index (κ1) is 19.2. The third-order valence-corrected chi connectivity index (χ3v) is 5.03. The molecule has 0 aromatic carbocycles. The number of piperidine rings is 1. The lowest BCUT2D eigenvalue weighted by molar-refractivity contribution is 0.0908. The largest absolute Gasteiger partial charge is 0.339 e. The van der Waals surface area contributed by atoms with Gasteiger partial charge < -0.3 is 15.2 Å². The van der Waals surface area contributed by atoms with Gasteiger partial charge in [0.15, 0.2) is 5.69 Å². The number of carbonyl (C=O) groups is 1. The van der Waals surface area contributed by atoms with E-state index in [1.807, 2.05) is 13.8 Å². The van der Waals surface area contributed by atoms with Crippen LogP contribution in [0.4, 0.5) is 0 Å². The van der Waals surface area contributed by atoms with Crippen LogP contribution in [-0.4, -0.2) is 49.1 Å². The Balaban J connectivity index is 1.48. The molecule has 0 spiro atoms. The number of nitrogens with one attached hydrogen (secondary N) is 2. The molecule has 1 fully saturated rings. The van der Waals surface area contributed by atoms with Gasteiger partial charge in [-0.2, -0.15) is 4.98 Å². The Bertz CT molecular complexity index is 946. The highest BCUT2D eigenvalue weighted by atomic mass is 16.5. The van der Waals surface area contributed by atoms with Crippen LogP contribution in [0.3, 0.4) is 0 Å². The number of amides is 1. The van der Waals surface area contributed by atoms with Gasteiger partial charge in [0.1, 0.15) is 6.04 Å². The van der Waals surface area contributed by atoms with E-state index in [9.17, 15) is 4.79 Å². The number of hydrogen-bond donors (Lipinski definition) is 2. The van der Waals surface area contributed by atoms with E-state index in [0.717, 1.165) is 31.5 Å². The first-order valence-corrected chi connectivity index (χ1v) is 9.79. The summed E-state index contributed by atoms with van der Waals surface area (Å²) in [5, 5.41) is 18.5. The van der Waals surface area contributed by atoms with Crippen LogP contribution in [0.15, 0.2) is 35.2 Å². The van der Waals surface area contributed by atoms with Gasteiger partial charge in [0.2, 0.25) is 11.7 Å². The summed E-state index contributed by atoms with van der Waals surface area (Å²) in [6.07, 6.45) is 6.98. The summed E-state index contributed by atoms with van der Waals surface area (Å²) in [6, 6.07) is 3.44. The Morgan fingerprint density at radius 1 is 1.28 bits per heavy atom. The molecule has 0 radical (unpaired) electrons. The third kappa shape index (κ3) is 4.32. The zero-order valence-electron chi connectivity index (χ0n) is 16.4. The van der Waals surface area contributed by atoms with Crippen LogP contribution in [0.1, 0.15) is 55.2 Å². The van der Waals surface area contributed by atoms with Crippen molar-refractivity contribution in [2.75, 3.05) is 13.1 Å². The van der Waals surface area contributed by atoms with E-state index in [4.69, 9.17) is 4.52 Å². The summed E-state index contributed by atoms with van der Waals surface area (Å²) in [7, 11) is 0. The molecule has 1 aliphatic heterocycles. The number of nitrogens with zero attached hydrogens (tertiary/aromatic N) is 6. The highest BCUT2D eigenvalue weighted by Gasteiger charge is 2.27. The molecule has 152 valence electrons. The molecule has 10 heteroatoms. The molecular formula is C19H24N8O2. The maximum Gasteiger partial charge on any atom is 0.274 e. The molecule has 4 heterocycles. The quantitative estimate of drug-likeness (QED) is 0.646. The predicted molar refractivity (Wildman–Crippen MR) is 104 cm³/mol. The first-order valence-electron chi connectivity index (χ1n) is 9.79. The van der Waals surface area contributed by atoms with Crippen molar-refractivity contribution in [1.82, 2.24) is 40.8 Å². The molecule has 29 heavy (non-hydrogen) atoms. The van der Waals surface area contributed by atoms with Crippen LogP contribution in [0.25, 0.3) is 11.4 Å². The Morgan fingerprint density at radius 2 is 2.03 bits per heavy atom. The lowest BCUT2D eigenvalue weighted by Gasteiger charge is -2.22. The van der Waals surface area contributed by atoms with Crippen molar-refractivity contribution in [3.63, 3.8) is 0 Å². The van der Waals surface area contributed by atoms with Crippen LogP contribution in [0.2, 0.25) is 0 Å². The van der Waals surface area contributed by atoms with Gasteiger partial charge in [0.05, 0.1) is 12.2 Å². The maximum atomic E-state index is 12.8. The molecule has 1 atom stereocenters. The topological polar surface area (TPSA) is 124 Å². The van der Waals surface area contributed by atoms with E-state index < -0.39 is 6.04 Å². The van der Waals surface area contributed by atoms with Crippen molar-refractivity contribution < 1.29 is 9.32 Å². The van der Waals surface area contributed by atoms with Gasteiger partial charge >= 0.3 is 0 Å². The second-order valence-corrected chi connectivity index (χ2v) is 7.45. The molecule has 1 aliphatic rings. The molecule has 10 nitrogen and oxygen atoms in total. The second-order valence-electron chi connectivity index (χ2n) is 7.45. The fourth-order valence-corrected chi connectivity index (χ4v) is 3.34. The molecule has 0 aliphatic carbocycles. The van der Waals surface area contributed by atoms with Crippen molar-refractivity contribution in [3.05, 3.63) is 42.3 Å². The van der Waals surface area contributed by atoms with Gasteiger partial charge in [0.25, 0.3) is 5.91 Å². The van der Waals surface area contributed by atoms with Crippen LogP contribution in [-0.2, 0) is 0 Å². The SMILES string of the molecule is CC(C)C(NC(=O)c1cn(C2CCNCC2)nn1)c1nc(-c2ccncc2)no1. The smallest absolute Gasteiger partial charge is 0.274 e. The van der Waals surface area contributed by atoms with Gasteiger partial charge in [-0.15, -0.1) is 5.10 Å². The van der Waals surface area contributed by atoms with Crippen LogP contribution in [0.5, 0.6) is 0 Å². The van der Waals surface area contributed by atoms with E-state index in [1.54, 1.807) is 35.4 Å². The molecule has 2 N–H and O–H groups in total. The Kier molecular flexibility index (Phi) is 5.61. The molecule has 1 saturated heterocycles. The minimum absolute atomic E-state index is 0.0455. The number of pyridine rings is 1. The highest BCUT2D eigenvalue weighted by Crippen LogP contribution is 2.24. The summed E-state index contributed by atoms with van der Waals surface area (Å²) in [5.41, 5.74) is 1.08. The van der Waals surface area contributed by atoms with E-state index in [1.165, 1.54) is 0 Å². The number of aromatic nitrogens is 6. The lowest BCUT2D eigenvalue weighted by atomic mass is 10.0. The number of rotatable bonds is 6. The van der Waals surface area contributed by atoms with Gasteiger partial charge in [-0.25, -0.2) is 4.68 Å². The predicted octanol–water partition coefficient (Wildman–Crippen LogP) is 1.77. The summed E-state index contributed by atoms with van der Waals surface area (Å²) < 4.78 is 7.22. The van der Waals surface area contributed by atoms with Crippen molar-refractivity contribution >= 4 is 5.91 Å². The summed E-state index contributed by atoms with van der Waals surface area (Å²) in [4.78, 5) is 21.2. The minimum Gasteiger partial charge on any atom is -0.339 e. The van der Waals surface area contributed by atoms with Crippen molar-refractivity contribution in [2.45, 2.75) is 38.8 Å². The van der Waals surface area contributed by atoms with Crippen molar-refractivity contribution in [1.29, 1.82) is 0 Å². The molecule has 1 amide bonds. The molecule has 1 unspecified atom stereocenters. The van der Waals surface area contributed by atoms with Gasteiger partial charge in [-0.1, -0.05) is 24.2 Å². The average Bonchev–Trinajstić information content (AvgIpc) is 3.43. The van der Waals surface area contributed by atoms with E-state index in [0.29, 0.717) is 11.7 Å². The van der Waals surface area contributed by atoms with Gasteiger partial charge in [0, 0.05) is 18.0 Å². The van der Waals surface area contributed by atoms with Crippen LogP contribution < -0.4 is 10.6 Å². The zero-order valence-corrected chi connectivity index (χ0v) is 16.4. The average molecular weight is 396 g/mol. The van der Waals surface area contributed by atoms with E-state index in [-0.39, 0.29) is 23.6 Å². The lowest BCUT2D eigenvalue weighted by Crippen LogP contribution is -2.32. The molecule has 3 aromatic heterocycles. The minimum atomic E-state index is -0.436. The van der Waals surface area contributed by atoms with Gasteiger partial charge in [-0.3, -0.25) is 9.78 Å².